The van der Waals surface area contributed by atoms with E-state index in [1.165, 1.54) is 0 Å². The van der Waals surface area contributed by atoms with Gasteiger partial charge in [-0.1, -0.05) is 6.07 Å². The first-order chi connectivity index (χ1) is 14.4. The zero-order valence-corrected chi connectivity index (χ0v) is 17.5. The summed E-state index contributed by atoms with van der Waals surface area (Å²) in [5.41, 5.74) is 2.26. The van der Waals surface area contributed by atoms with Crippen molar-refractivity contribution in [2.24, 2.45) is 0 Å². The Kier molecular flexibility index (Phi) is 8.83. The quantitative estimate of drug-likeness (QED) is 0.448. The van der Waals surface area contributed by atoms with Crippen LogP contribution in [0, 0.1) is 0 Å². The predicted molar refractivity (Wildman–Crippen MR) is 117 cm³/mol. The molecule has 0 unspecified atom stereocenters. The van der Waals surface area contributed by atoms with E-state index in [-0.39, 0.29) is 30.3 Å². The highest BCUT2D eigenvalue weighted by atomic mass is 16.5. The molecule has 160 valence electrons. The van der Waals surface area contributed by atoms with Crippen LogP contribution in [0.1, 0.15) is 34.6 Å². The molecule has 8 heteroatoms. The minimum Gasteiger partial charge on any atom is -0.383 e. The fourth-order valence-corrected chi connectivity index (χ4v) is 2.58. The van der Waals surface area contributed by atoms with E-state index in [0.29, 0.717) is 30.0 Å². The minimum atomic E-state index is -0.256. The molecule has 0 aliphatic carbocycles. The van der Waals surface area contributed by atoms with Crippen LogP contribution >= 0.6 is 0 Å². The van der Waals surface area contributed by atoms with Crippen LogP contribution in [0.15, 0.2) is 48.5 Å². The molecule has 0 spiro atoms. The number of methoxy groups -OCH3 is 1. The van der Waals surface area contributed by atoms with E-state index in [4.69, 9.17) is 4.74 Å². The standard InChI is InChI=1S/C22H28N4O4/c1-15(2)25-22(29)16-7-9-18(10-8-16)24-14-20(27)26-19-6-4-5-17(13-19)21(28)23-11-12-30-3/h4-10,13,15,24H,11-12,14H2,1-3H3,(H,23,28)(H,25,29)(H,26,27). The molecule has 0 saturated heterocycles. The molecule has 0 saturated carbocycles. The molecule has 0 fully saturated rings. The molecule has 0 radical (unpaired) electrons. The Bertz CT molecular complexity index is 866. The summed E-state index contributed by atoms with van der Waals surface area (Å²) in [5.74, 6) is -0.628. The van der Waals surface area contributed by atoms with Crippen molar-refractivity contribution < 1.29 is 19.1 Å². The lowest BCUT2D eigenvalue weighted by Gasteiger charge is -2.11. The molecular weight excluding hydrogens is 384 g/mol. The maximum Gasteiger partial charge on any atom is 0.251 e. The Labute approximate surface area is 176 Å². The predicted octanol–water partition coefficient (Wildman–Crippen LogP) is 2.25. The second kappa shape index (κ2) is 11.6. The molecule has 0 aliphatic rings. The highest BCUT2D eigenvalue weighted by Crippen LogP contribution is 2.12. The lowest BCUT2D eigenvalue weighted by Crippen LogP contribution is -2.30. The number of benzene rings is 2. The Morgan fingerprint density at radius 3 is 2.33 bits per heavy atom. The molecule has 30 heavy (non-hydrogen) atoms. The largest absolute Gasteiger partial charge is 0.383 e. The summed E-state index contributed by atoms with van der Waals surface area (Å²) in [4.78, 5) is 36.3. The monoisotopic (exact) mass is 412 g/mol. The summed E-state index contributed by atoms with van der Waals surface area (Å²) in [6.45, 7) is 4.68. The average molecular weight is 412 g/mol. The van der Waals surface area contributed by atoms with Gasteiger partial charge in [0.25, 0.3) is 11.8 Å². The number of hydrogen-bond donors (Lipinski definition) is 4. The van der Waals surface area contributed by atoms with Crippen LogP contribution in [0.3, 0.4) is 0 Å². The molecule has 3 amide bonds. The fraction of sp³-hybridized carbons (Fsp3) is 0.318. The highest BCUT2D eigenvalue weighted by Gasteiger charge is 2.09. The lowest BCUT2D eigenvalue weighted by molar-refractivity contribution is -0.114. The van der Waals surface area contributed by atoms with Gasteiger partial charge in [0.2, 0.25) is 5.91 Å². The molecule has 2 aromatic rings. The Balaban J connectivity index is 1.85. The van der Waals surface area contributed by atoms with E-state index in [0.717, 1.165) is 5.69 Å². The number of anilines is 2. The van der Waals surface area contributed by atoms with Crippen molar-refractivity contribution in [3.05, 3.63) is 59.7 Å². The van der Waals surface area contributed by atoms with Crippen LogP contribution in [0.5, 0.6) is 0 Å². The molecule has 0 aliphatic heterocycles. The van der Waals surface area contributed by atoms with Gasteiger partial charge < -0.3 is 26.0 Å². The Morgan fingerprint density at radius 2 is 1.67 bits per heavy atom. The van der Waals surface area contributed by atoms with Gasteiger partial charge in [0, 0.05) is 42.2 Å². The number of ether oxygens (including phenoxy) is 1. The third kappa shape index (κ3) is 7.56. The van der Waals surface area contributed by atoms with Crippen molar-refractivity contribution >= 4 is 29.1 Å². The normalized spacial score (nSPS) is 10.4. The summed E-state index contributed by atoms with van der Waals surface area (Å²) >= 11 is 0. The first kappa shape index (κ1) is 22.9. The van der Waals surface area contributed by atoms with Gasteiger partial charge in [-0.15, -0.1) is 0 Å². The Morgan fingerprint density at radius 1 is 0.933 bits per heavy atom. The van der Waals surface area contributed by atoms with Gasteiger partial charge in [0.1, 0.15) is 0 Å². The zero-order chi connectivity index (χ0) is 21.9. The first-order valence-electron chi connectivity index (χ1n) is 9.71. The van der Waals surface area contributed by atoms with Crippen LogP contribution in [0.4, 0.5) is 11.4 Å². The van der Waals surface area contributed by atoms with Crippen LogP contribution < -0.4 is 21.3 Å². The van der Waals surface area contributed by atoms with Gasteiger partial charge in [-0.05, 0) is 56.3 Å². The van der Waals surface area contributed by atoms with Crippen molar-refractivity contribution in [3.63, 3.8) is 0 Å². The number of carbonyl (C=O) groups is 3. The maximum atomic E-state index is 12.2. The summed E-state index contributed by atoms with van der Waals surface area (Å²) in [5, 5.41) is 11.3. The Hall–Kier alpha value is -3.39. The third-order valence-electron chi connectivity index (χ3n) is 4.02. The second-order valence-corrected chi connectivity index (χ2v) is 6.94. The number of rotatable bonds is 10. The van der Waals surface area contributed by atoms with Crippen LogP contribution in [-0.2, 0) is 9.53 Å². The van der Waals surface area contributed by atoms with Gasteiger partial charge >= 0.3 is 0 Å². The number of hydrogen-bond acceptors (Lipinski definition) is 5. The molecule has 0 bridgehead atoms. The van der Waals surface area contributed by atoms with Crippen molar-refractivity contribution in [1.29, 1.82) is 0 Å². The number of amides is 3. The van der Waals surface area contributed by atoms with Crippen molar-refractivity contribution in [2.75, 3.05) is 37.4 Å². The van der Waals surface area contributed by atoms with Gasteiger partial charge in [-0.3, -0.25) is 14.4 Å². The van der Waals surface area contributed by atoms with Crippen molar-refractivity contribution in [2.45, 2.75) is 19.9 Å². The van der Waals surface area contributed by atoms with Gasteiger partial charge in [0.05, 0.1) is 13.2 Å². The van der Waals surface area contributed by atoms with E-state index in [2.05, 4.69) is 21.3 Å². The smallest absolute Gasteiger partial charge is 0.251 e. The van der Waals surface area contributed by atoms with Gasteiger partial charge in [0.15, 0.2) is 0 Å². The van der Waals surface area contributed by atoms with E-state index in [1.54, 1.807) is 55.6 Å². The minimum absolute atomic E-state index is 0.0435. The van der Waals surface area contributed by atoms with Crippen LogP contribution in [-0.4, -0.2) is 50.6 Å². The molecule has 2 aromatic carbocycles. The molecule has 2 rings (SSSR count). The van der Waals surface area contributed by atoms with Gasteiger partial charge in [-0.25, -0.2) is 0 Å². The van der Waals surface area contributed by atoms with Gasteiger partial charge in [-0.2, -0.15) is 0 Å². The SMILES string of the molecule is COCCNC(=O)c1cccc(NC(=O)CNc2ccc(C(=O)NC(C)C)cc2)c1. The molecular formula is C22H28N4O4. The molecule has 4 N–H and O–H groups in total. The van der Waals surface area contributed by atoms with E-state index in [9.17, 15) is 14.4 Å². The maximum absolute atomic E-state index is 12.2. The molecule has 8 nitrogen and oxygen atoms in total. The second-order valence-electron chi connectivity index (χ2n) is 6.94. The van der Waals surface area contributed by atoms with Crippen molar-refractivity contribution in [3.8, 4) is 0 Å². The third-order valence-corrected chi connectivity index (χ3v) is 4.02. The molecule has 0 heterocycles. The van der Waals surface area contributed by atoms with E-state index < -0.39 is 0 Å². The summed E-state index contributed by atoms with van der Waals surface area (Å²) in [6.07, 6.45) is 0. The fourth-order valence-electron chi connectivity index (χ4n) is 2.58. The molecule has 0 aromatic heterocycles. The summed E-state index contributed by atoms with van der Waals surface area (Å²) in [6, 6.07) is 13.7. The van der Waals surface area contributed by atoms with E-state index >= 15 is 0 Å². The lowest BCUT2D eigenvalue weighted by atomic mass is 10.2. The highest BCUT2D eigenvalue weighted by molar-refractivity contribution is 5.98. The van der Waals surface area contributed by atoms with Crippen LogP contribution in [0.2, 0.25) is 0 Å². The molecule has 0 atom stereocenters. The first-order valence-corrected chi connectivity index (χ1v) is 9.71. The average Bonchev–Trinajstić information content (AvgIpc) is 2.72. The van der Waals surface area contributed by atoms with Crippen LogP contribution in [0.25, 0.3) is 0 Å². The van der Waals surface area contributed by atoms with Crippen molar-refractivity contribution in [1.82, 2.24) is 10.6 Å². The summed E-state index contributed by atoms with van der Waals surface area (Å²) < 4.78 is 4.90. The number of carbonyl (C=O) groups excluding carboxylic acids is 3. The number of nitrogens with one attached hydrogen (secondary N) is 4. The topological polar surface area (TPSA) is 109 Å². The van der Waals surface area contributed by atoms with E-state index in [1.807, 2.05) is 13.8 Å². The zero-order valence-electron chi connectivity index (χ0n) is 17.5. The summed E-state index contributed by atoms with van der Waals surface area (Å²) in [7, 11) is 1.56.